The number of rotatable bonds is 3. The highest BCUT2D eigenvalue weighted by molar-refractivity contribution is 5.75. The number of nitrogens with zero attached hydrogens (tertiary/aromatic N) is 3. The van der Waals surface area contributed by atoms with Crippen LogP contribution in [0.5, 0.6) is 0 Å². The molecule has 28 heavy (non-hydrogen) atoms. The minimum absolute atomic E-state index is 0.0466. The first kappa shape index (κ1) is 18.7. The summed E-state index contributed by atoms with van der Waals surface area (Å²) in [6.07, 6.45) is 1.63. The summed E-state index contributed by atoms with van der Waals surface area (Å²) >= 11 is 0. The maximum Gasteiger partial charge on any atom is 0.320 e. The Morgan fingerprint density at radius 1 is 1.21 bits per heavy atom. The van der Waals surface area contributed by atoms with E-state index < -0.39 is 0 Å². The topological polar surface area (TPSA) is 59.7 Å². The first-order valence-corrected chi connectivity index (χ1v) is 9.56. The largest absolute Gasteiger partial charge is 0.331 e. The molecule has 0 aliphatic carbocycles. The summed E-state index contributed by atoms with van der Waals surface area (Å²) < 4.78 is 13.9. The van der Waals surface area contributed by atoms with E-state index in [9.17, 15) is 14.0 Å². The maximum atomic E-state index is 13.9. The van der Waals surface area contributed by atoms with Crippen LogP contribution in [0.4, 0.5) is 9.18 Å². The van der Waals surface area contributed by atoms with Gasteiger partial charge in [-0.05, 0) is 29.7 Å². The molecule has 2 amide bonds. The van der Waals surface area contributed by atoms with Crippen molar-refractivity contribution >= 4 is 6.03 Å². The average molecular weight is 384 g/mol. The Morgan fingerprint density at radius 2 is 2.04 bits per heavy atom. The van der Waals surface area contributed by atoms with Crippen molar-refractivity contribution in [3.05, 3.63) is 69.9 Å². The smallest absolute Gasteiger partial charge is 0.320 e. The number of likely N-dealkylation sites (tertiary alicyclic amines) is 2. The lowest BCUT2D eigenvalue weighted by molar-refractivity contribution is 0.151. The fraction of sp³-hybridized carbons (Fsp3) is 0.429. The lowest BCUT2D eigenvalue weighted by atomic mass is 9.89. The Labute approximate surface area is 163 Å². The number of amides is 2. The van der Waals surface area contributed by atoms with Gasteiger partial charge in [-0.1, -0.05) is 18.2 Å². The van der Waals surface area contributed by atoms with Crippen LogP contribution < -0.4 is 5.56 Å². The predicted molar refractivity (Wildman–Crippen MR) is 104 cm³/mol. The molecular weight excluding hydrogens is 359 g/mol. The number of aromatic amines is 1. The monoisotopic (exact) mass is 384 g/mol. The molecule has 1 aromatic carbocycles. The van der Waals surface area contributed by atoms with Crippen LogP contribution in [0.1, 0.15) is 17.2 Å². The van der Waals surface area contributed by atoms with Gasteiger partial charge in [0, 0.05) is 58.0 Å². The molecule has 3 heterocycles. The first-order valence-electron chi connectivity index (χ1n) is 9.56. The van der Waals surface area contributed by atoms with E-state index in [0.717, 1.165) is 24.2 Å². The molecule has 0 radical (unpaired) electrons. The molecule has 7 heteroatoms. The number of aromatic nitrogens is 1. The van der Waals surface area contributed by atoms with Gasteiger partial charge in [-0.25, -0.2) is 9.18 Å². The van der Waals surface area contributed by atoms with Crippen LogP contribution in [0.3, 0.4) is 0 Å². The number of fused-ring (bicyclic) bond motifs is 1. The van der Waals surface area contributed by atoms with E-state index in [4.69, 9.17) is 0 Å². The number of halogens is 1. The molecule has 148 valence electrons. The summed E-state index contributed by atoms with van der Waals surface area (Å²) in [4.78, 5) is 33.2. The third-order valence-corrected chi connectivity index (χ3v) is 5.85. The zero-order chi connectivity index (χ0) is 19.8. The number of pyridine rings is 1. The highest BCUT2D eigenvalue weighted by Crippen LogP contribution is 2.45. The van der Waals surface area contributed by atoms with E-state index in [2.05, 4.69) is 9.88 Å². The molecule has 0 bridgehead atoms. The molecule has 3 atom stereocenters. The SMILES string of the molecule is CN(C)C(=O)N1C[C@H]2CN(Cc3ccc[nH]c3=O)C[C@H]2[C@@H]1c1cccc(F)c1. The standard InChI is InChI=1S/C21H25FN4O2/c1-24(2)21(28)26-12-16-11-25(10-15-6-4-8-23-20(15)27)13-18(16)19(26)14-5-3-7-17(22)9-14/h3-9,16,18-19H,10-13H2,1-2H3,(H,23,27)/t16-,18-,19+/m1/s1. The molecule has 0 spiro atoms. The summed E-state index contributed by atoms with van der Waals surface area (Å²) in [6.45, 7) is 2.82. The van der Waals surface area contributed by atoms with Gasteiger partial charge in [0.25, 0.3) is 5.56 Å². The molecule has 6 nitrogen and oxygen atoms in total. The lowest BCUT2D eigenvalue weighted by Crippen LogP contribution is -2.41. The van der Waals surface area contributed by atoms with E-state index in [-0.39, 0.29) is 29.4 Å². The van der Waals surface area contributed by atoms with Gasteiger partial charge in [0.2, 0.25) is 0 Å². The van der Waals surface area contributed by atoms with Gasteiger partial charge >= 0.3 is 6.03 Å². The highest BCUT2D eigenvalue weighted by Gasteiger charge is 2.49. The molecule has 2 aliphatic heterocycles. The summed E-state index contributed by atoms with van der Waals surface area (Å²) in [7, 11) is 3.49. The third-order valence-electron chi connectivity index (χ3n) is 5.85. The Morgan fingerprint density at radius 3 is 2.75 bits per heavy atom. The number of hydrogen-bond donors (Lipinski definition) is 1. The third kappa shape index (κ3) is 3.42. The van der Waals surface area contributed by atoms with Crippen LogP contribution in [-0.4, -0.2) is 59.4 Å². The second-order valence-corrected chi connectivity index (χ2v) is 7.97. The molecule has 2 aromatic rings. The summed E-state index contributed by atoms with van der Waals surface area (Å²) in [6, 6.07) is 10.0. The summed E-state index contributed by atoms with van der Waals surface area (Å²) in [5, 5.41) is 0. The average Bonchev–Trinajstić information content (AvgIpc) is 3.20. The minimum atomic E-state index is -0.288. The second-order valence-electron chi connectivity index (χ2n) is 7.97. The van der Waals surface area contributed by atoms with Gasteiger partial charge in [0.05, 0.1) is 6.04 Å². The number of urea groups is 1. The van der Waals surface area contributed by atoms with Gasteiger partial charge in [-0.15, -0.1) is 0 Å². The number of carbonyl (C=O) groups is 1. The molecule has 0 saturated carbocycles. The van der Waals surface area contributed by atoms with Crippen LogP contribution in [0, 0.1) is 17.7 Å². The fourth-order valence-electron chi connectivity index (χ4n) is 4.66. The predicted octanol–water partition coefficient (Wildman–Crippen LogP) is 2.30. The van der Waals surface area contributed by atoms with Crippen molar-refractivity contribution in [2.45, 2.75) is 12.6 Å². The normalized spacial score (nSPS) is 24.4. The molecule has 4 rings (SSSR count). The summed E-state index contributed by atoms with van der Waals surface area (Å²) in [5.41, 5.74) is 1.51. The van der Waals surface area contributed by atoms with Crippen LogP contribution in [-0.2, 0) is 6.54 Å². The van der Waals surface area contributed by atoms with Crippen molar-refractivity contribution < 1.29 is 9.18 Å². The number of benzene rings is 1. The Balaban J connectivity index is 1.59. The molecule has 1 aromatic heterocycles. The zero-order valence-corrected chi connectivity index (χ0v) is 16.1. The maximum absolute atomic E-state index is 13.9. The highest BCUT2D eigenvalue weighted by atomic mass is 19.1. The van der Waals surface area contributed by atoms with Crippen LogP contribution >= 0.6 is 0 Å². The number of H-pyrrole nitrogens is 1. The van der Waals surface area contributed by atoms with E-state index in [1.807, 2.05) is 23.1 Å². The first-order chi connectivity index (χ1) is 13.4. The summed E-state index contributed by atoms with van der Waals surface area (Å²) in [5.74, 6) is 0.234. The minimum Gasteiger partial charge on any atom is -0.331 e. The van der Waals surface area contributed by atoms with Crippen LogP contribution in [0.15, 0.2) is 47.4 Å². The molecule has 2 aliphatic rings. The van der Waals surface area contributed by atoms with E-state index >= 15 is 0 Å². The van der Waals surface area contributed by atoms with Crippen molar-refractivity contribution in [1.29, 1.82) is 0 Å². The Kier molecular flexibility index (Phi) is 4.93. The Hall–Kier alpha value is -2.67. The Bertz CT molecular complexity index is 928. The lowest BCUT2D eigenvalue weighted by Gasteiger charge is -2.31. The zero-order valence-electron chi connectivity index (χ0n) is 16.1. The van der Waals surface area contributed by atoms with Crippen LogP contribution in [0.25, 0.3) is 0 Å². The van der Waals surface area contributed by atoms with Gasteiger partial charge in [0.1, 0.15) is 5.82 Å². The number of hydrogen-bond acceptors (Lipinski definition) is 3. The van der Waals surface area contributed by atoms with E-state index in [0.29, 0.717) is 19.0 Å². The van der Waals surface area contributed by atoms with Crippen molar-refractivity contribution in [1.82, 2.24) is 19.7 Å². The molecule has 0 unspecified atom stereocenters. The van der Waals surface area contributed by atoms with Gasteiger partial charge in [-0.2, -0.15) is 0 Å². The van der Waals surface area contributed by atoms with Crippen LogP contribution in [0.2, 0.25) is 0 Å². The van der Waals surface area contributed by atoms with Crippen molar-refractivity contribution in [3.8, 4) is 0 Å². The molecular formula is C21H25FN4O2. The number of nitrogens with one attached hydrogen (secondary N) is 1. The molecule has 1 N–H and O–H groups in total. The van der Waals surface area contributed by atoms with Gasteiger partial charge in [0.15, 0.2) is 0 Å². The van der Waals surface area contributed by atoms with Gasteiger partial charge in [-0.3, -0.25) is 9.69 Å². The van der Waals surface area contributed by atoms with E-state index in [1.54, 1.807) is 31.3 Å². The molecule has 2 saturated heterocycles. The van der Waals surface area contributed by atoms with Crippen molar-refractivity contribution in [2.75, 3.05) is 33.7 Å². The quantitative estimate of drug-likeness (QED) is 0.883. The fourth-order valence-corrected chi connectivity index (χ4v) is 4.66. The van der Waals surface area contributed by atoms with Crippen molar-refractivity contribution in [2.24, 2.45) is 11.8 Å². The van der Waals surface area contributed by atoms with Crippen molar-refractivity contribution in [3.63, 3.8) is 0 Å². The van der Waals surface area contributed by atoms with E-state index in [1.165, 1.54) is 12.1 Å². The second kappa shape index (κ2) is 7.39. The molecule has 2 fully saturated rings. The van der Waals surface area contributed by atoms with Gasteiger partial charge < -0.3 is 14.8 Å². The number of carbonyl (C=O) groups excluding carboxylic acids is 1.